The molecule has 0 aliphatic rings. The van der Waals surface area contributed by atoms with Crippen molar-refractivity contribution in [3.8, 4) is 0 Å². The third-order valence-electron chi connectivity index (χ3n) is 2.88. The van der Waals surface area contributed by atoms with Crippen molar-refractivity contribution in [3.05, 3.63) is 24.3 Å². The maximum absolute atomic E-state index is 11.6. The molecular formula is C13H17ClN4O. The topological polar surface area (TPSA) is 59.8 Å². The molecule has 0 aliphatic heterocycles. The van der Waals surface area contributed by atoms with E-state index in [1.54, 1.807) is 12.4 Å². The number of halogens is 1. The highest BCUT2D eigenvalue weighted by Gasteiger charge is 2.11. The summed E-state index contributed by atoms with van der Waals surface area (Å²) in [6.45, 7) is 3.33. The van der Waals surface area contributed by atoms with E-state index in [1.165, 1.54) is 0 Å². The first kappa shape index (κ1) is 13.8. The van der Waals surface area contributed by atoms with Gasteiger partial charge in [0.25, 0.3) is 0 Å². The molecule has 102 valence electrons. The molecule has 5 nitrogen and oxygen atoms in total. The molecule has 0 unspecified atom stereocenters. The van der Waals surface area contributed by atoms with E-state index in [-0.39, 0.29) is 5.91 Å². The summed E-state index contributed by atoms with van der Waals surface area (Å²) in [5, 5.41) is 2.86. The molecular weight excluding hydrogens is 264 g/mol. The third-order valence-corrected chi connectivity index (χ3v) is 3.12. The second kappa shape index (κ2) is 6.52. The van der Waals surface area contributed by atoms with E-state index in [2.05, 4.69) is 15.3 Å². The SMILES string of the molecule is CCCNC(=O)CCn1c(CCl)nc2cnccc21. The predicted molar refractivity (Wildman–Crippen MR) is 75.0 cm³/mol. The standard InChI is InChI=1S/C13H17ClN4O/c1-2-5-16-13(19)4-7-18-11-3-6-15-9-10(11)17-12(18)8-14/h3,6,9H,2,4-5,7-8H2,1H3,(H,16,19). The van der Waals surface area contributed by atoms with Gasteiger partial charge in [0.2, 0.25) is 5.91 Å². The zero-order chi connectivity index (χ0) is 13.7. The Bertz CT molecular complexity index is 567. The van der Waals surface area contributed by atoms with Crippen LogP contribution in [0.5, 0.6) is 0 Å². The molecule has 0 spiro atoms. The van der Waals surface area contributed by atoms with Gasteiger partial charge in [-0.25, -0.2) is 4.98 Å². The van der Waals surface area contributed by atoms with Crippen LogP contribution in [-0.4, -0.2) is 27.0 Å². The molecule has 1 N–H and O–H groups in total. The molecule has 1 amide bonds. The minimum atomic E-state index is 0.0540. The summed E-state index contributed by atoms with van der Waals surface area (Å²) < 4.78 is 1.98. The fraction of sp³-hybridized carbons (Fsp3) is 0.462. The molecule has 0 aromatic carbocycles. The van der Waals surface area contributed by atoms with Crippen LogP contribution in [0.15, 0.2) is 18.5 Å². The Morgan fingerprint density at radius 1 is 1.53 bits per heavy atom. The zero-order valence-electron chi connectivity index (χ0n) is 10.9. The minimum absolute atomic E-state index is 0.0540. The number of hydrogen-bond acceptors (Lipinski definition) is 3. The molecule has 2 aromatic rings. The Morgan fingerprint density at radius 2 is 2.37 bits per heavy atom. The predicted octanol–water partition coefficient (Wildman–Crippen LogP) is 2.09. The number of amides is 1. The van der Waals surface area contributed by atoms with Crippen molar-refractivity contribution >= 4 is 28.5 Å². The number of carbonyl (C=O) groups excluding carboxylic acids is 1. The van der Waals surface area contributed by atoms with Crippen LogP contribution >= 0.6 is 11.6 Å². The highest BCUT2D eigenvalue weighted by Crippen LogP contribution is 2.16. The van der Waals surface area contributed by atoms with Crippen molar-refractivity contribution in [2.45, 2.75) is 32.2 Å². The first-order chi connectivity index (χ1) is 9.26. The van der Waals surface area contributed by atoms with Crippen LogP contribution in [0.2, 0.25) is 0 Å². The number of aromatic nitrogens is 3. The molecule has 19 heavy (non-hydrogen) atoms. The van der Waals surface area contributed by atoms with Crippen LogP contribution in [0.4, 0.5) is 0 Å². The van der Waals surface area contributed by atoms with Gasteiger partial charge < -0.3 is 9.88 Å². The third kappa shape index (κ3) is 3.23. The highest BCUT2D eigenvalue weighted by atomic mass is 35.5. The first-order valence-electron chi connectivity index (χ1n) is 6.38. The lowest BCUT2D eigenvalue weighted by Gasteiger charge is -2.08. The van der Waals surface area contributed by atoms with Crippen molar-refractivity contribution in [2.75, 3.05) is 6.54 Å². The molecule has 0 atom stereocenters. The lowest BCUT2D eigenvalue weighted by molar-refractivity contribution is -0.121. The lowest BCUT2D eigenvalue weighted by atomic mass is 10.3. The van der Waals surface area contributed by atoms with Gasteiger partial charge in [0.05, 0.1) is 17.6 Å². The van der Waals surface area contributed by atoms with Gasteiger partial charge in [-0.3, -0.25) is 9.78 Å². The molecule has 2 rings (SSSR count). The second-order valence-corrected chi connectivity index (χ2v) is 4.54. The fourth-order valence-electron chi connectivity index (χ4n) is 1.95. The van der Waals surface area contributed by atoms with Crippen LogP contribution in [0, 0.1) is 0 Å². The molecule has 0 aliphatic carbocycles. The highest BCUT2D eigenvalue weighted by molar-refractivity contribution is 6.16. The lowest BCUT2D eigenvalue weighted by Crippen LogP contribution is -2.25. The van der Waals surface area contributed by atoms with Gasteiger partial charge in [0.1, 0.15) is 11.3 Å². The summed E-state index contributed by atoms with van der Waals surface area (Å²) in [5.41, 5.74) is 1.78. The van der Waals surface area contributed by atoms with E-state index >= 15 is 0 Å². The first-order valence-corrected chi connectivity index (χ1v) is 6.91. The van der Waals surface area contributed by atoms with Gasteiger partial charge >= 0.3 is 0 Å². The molecule has 2 heterocycles. The number of imidazole rings is 1. The summed E-state index contributed by atoms with van der Waals surface area (Å²) in [6.07, 6.45) is 4.80. The number of nitrogens with zero attached hydrogens (tertiary/aromatic N) is 3. The quantitative estimate of drug-likeness (QED) is 0.824. The van der Waals surface area contributed by atoms with Crippen LogP contribution < -0.4 is 5.32 Å². The Labute approximate surface area is 117 Å². The molecule has 6 heteroatoms. The van der Waals surface area contributed by atoms with Crippen molar-refractivity contribution in [1.29, 1.82) is 0 Å². The Kier molecular flexibility index (Phi) is 4.74. The molecule has 0 saturated heterocycles. The van der Waals surface area contributed by atoms with Gasteiger partial charge in [-0.05, 0) is 12.5 Å². The number of carbonyl (C=O) groups is 1. The normalized spacial score (nSPS) is 10.8. The monoisotopic (exact) mass is 280 g/mol. The van der Waals surface area contributed by atoms with Crippen molar-refractivity contribution < 1.29 is 4.79 Å². The van der Waals surface area contributed by atoms with E-state index in [1.807, 2.05) is 17.6 Å². The minimum Gasteiger partial charge on any atom is -0.356 e. The maximum atomic E-state index is 11.6. The number of hydrogen-bond donors (Lipinski definition) is 1. The van der Waals surface area contributed by atoms with Crippen molar-refractivity contribution in [1.82, 2.24) is 19.9 Å². The molecule has 0 radical (unpaired) electrons. The van der Waals surface area contributed by atoms with E-state index < -0.39 is 0 Å². The Balaban J connectivity index is 2.13. The van der Waals surface area contributed by atoms with Gasteiger partial charge in [0.15, 0.2) is 0 Å². The number of fused-ring (bicyclic) bond motifs is 1. The zero-order valence-corrected chi connectivity index (χ0v) is 11.7. The van der Waals surface area contributed by atoms with Crippen LogP contribution in [-0.2, 0) is 17.2 Å². The van der Waals surface area contributed by atoms with Gasteiger partial charge in [-0.15, -0.1) is 11.6 Å². The number of alkyl halides is 1. The molecule has 0 fully saturated rings. The summed E-state index contributed by atoms with van der Waals surface area (Å²) in [7, 11) is 0. The Hall–Kier alpha value is -1.62. The number of pyridine rings is 1. The van der Waals surface area contributed by atoms with E-state index in [9.17, 15) is 4.79 Å². The van der Waals surface area contributed by atoms with Crippen molar-refractivity contribution in [2.24, 2.45) is 0 Å². The van der Waals surface area contributed by atoms with E-state index in [4.69, 9.17) is 11.6 Å². The smallest absolute Gasteiger partial charge is 0.221 e. The van der Waals surface area contributed by atoms with E-state index in [0.29, 0.717) is 18.8 Å². The van der Waals surface area contributed by atoms with Crippen LogP contribution in [0.1, 0.15) is 25.6 Å². The summed E-state index contributed by atoms with van der Waals surface area (Å²) in [5.74, 6) is 1.15. The summed E-state index contributed by atoms with van der Waals surface area (Å²) >= 11 is 5.90. The van der Waals surface area contributed by atoms with Crippen LogP contribution in [0.25, 0.3) is 11.0 Å². The largest absolute Gasteiger partial charge is 0.356 e. The molecule has 2 aromatic heterocycles. The van der Waals surface area contributed by atoms with E-state index in [0.717, 1.165) is 29.8 Å². The number of aryl methyl sites for hydroxylation is 1. The average Bonchev–Trinajstić information content (AvgIpc) is 2.80. The van der Waals surface area contributed by atoms with Gasteiger partial charge in [0, 0.05) is 25.7 Å². The van der Waals surface area contributed by atoms with Crippen molar-refractivity contribution in [3.63, 3.8) is 0 Å². The van der Waals surface area contributed by atoms with Crippen LogP contribution in [0.3, 0.4) is 0 Å². The maximum Gasteiger partial charge on any atom is 0.221 e. The second-order valence-electron chi connectivity index (χ2n) is 4.28. The number of rotatable bonds is 6. The summed E-state index contributed by atoms with van der Waals surface area (Å²) in [4.78, 5) is 20.1. The summed E-state index contributed by atoms with van der Waals surface area (Å²) in [6, 6.07) is 1.89. The Morgan fingerprint density at radius 3 is 3.11 bits per heavy atom. The molecule has 0 saturated carbocycles. The number of nitrogens with one attached hydrogen (secondary N) is 1. The van der Waals surface area contributed by atoms with Gasteiger partial charge in [-0.1, -0.05) is 6.92 Å². The van der Waals surface area contributed by atoms with Gasteiger partial charge in [-0.2, -0.15) is 0 Å². The fourth-order valence-corrected chi connectivity index (χ4v) is 2.15. The average molecular weight is 281 g/mol. The molecule has 0 bridgehead atoms.